The Balaban J connectivity index is 2.03. The van der Waals surface area contributed by atoms with Gasteiger partial charge in [0, 0.05) is 6.54 Å². The van der Waals surface area contributed by atoms with Crippen LogP contribution in [-0.4, -0.2) is 38.7 Å². The zero-order valence-electron chi connectivity index (χ0n) is 11.6. The van der Waals surface area contributed by atoms with Crippen molar-refractivity contribution in [3.8, 4) is 5.69 Å². The molecule has 1 atom stereocenters. The molecule has 1 aromatic heterocycles. The van der Waals surface area contributed by atoms with E-state index in [-0.39, 0.29) is 11.6 Å². The Hall–Kier alpha value is -2.21. The zero-order chi connectivity index (χ0) is 14.5. The van der Waals surface area contributed by atoms with Crippen LogP contribution in [0.4, 0.5) is 0 Å². The van der Waals surface area contributed by atoms with E-state index in [0.29, 0.717) is 13.0 Å². The lowest BCUT2D eigenvalue weighted by Crippen LogP contribution is -2.26. The van der Waals surface area contributed by atoms with Crippen LogP contribution in [0.2, 0.25) is 0 Å². The number of aryl methyl sites for hydroxylation is 1. The van der Waals surface area contributed by atoms with Crippen molar-refractivity contribution in [2.45, 2.75) is 26.4 Å². The summed E-state index contributed by atoms with van der Waals surface area (Å²) in [4.78, 5) is 11.8. The normalized spacial score (nSPS) is 12.2. The van der Waals surface area contributed by atoms with Gasteiger partial charge >= 0.3 is 0 Å². The Kier molecular flexibility index (Phi) is 4.47. The van der Waals surface area contributed by atoms with Crippen LogP contribution in [0.25, 0.3) is 5.69 Å². The van der Waals surface area contributed by atoms with Crippen molar-refractivity contribution in [1.82, 2.24) is 20.3 Å². The van der Waals surface area contributed by atoms with Gasteiger partial charge in [-0.2, -0.15) is 0 Å². The van der Waals surface area contributed by atoms with Gasteiger partial charge in [-0.25, -0.2) is 4.68 Å². The van der Waals surface area contributed by atoms with Crippen molar-refractivity contribution in [2.75, 3.05) is 6.54 Å². The fraction of sp³-hybridized carbons (Fsp3) is 0.357. The van der Waals surface area contributed by atoms with Crippen molar-refractivity contribution in [3.63, 3.8) is 0 Å². The number of hydrogen-bond donors (Lipinski definition) is 2. The molecule has 1 unspecified atom stereocenters. The summed E-state index contributed by atoms with van der Waals surface area (Å²) in [5, 5.41) is 19.6. The maximum absolute atomic E-state index is 11.8. The number of nitrogens with one attached hydrogen (secondary N) is 1. The first kappa shape index (κ1) is 14.2. The highest BCUT2D eigenvalue weighted by atomic mass is 16.3. The van der Waals surface area contributed by atoms with Gasteiger partial charge in [0.25, 0.3) is 5.91 Å². The lowest BCUT2D eigenvalue weighted by molar-refractivity contribution is 0.0940. The van der Waals surface area contributed by atoms with Crippen molar-refractivity contribution >= 4 is 5.91 Å². The van der Waals surface area contributed by atoms with Gasteiger partial charge in [0.05, 0.1) is 18.0 Å². The minimum atomic E-state index is -0.432. The Morgan fingerprint density at radius 2 is 2.30 bits per heavy atom. The molecule has 1 aromatic carbocycles. The van der Waals surface area contributed by atoms with Crippen LogP contribution >= 0.6 is 0 Å². The predicted octanol–water partition coefficient (Wildman–Crippen LogP) is 1.08. The van der Waals surface area contributed by atoms with Crippen LogP contribution in [0.15, 0.2) is 30.5 Å². The largest absolute Gasteiger partial charge is 0.393 e. The molecule has 2 rings (SSSR count). The summed E-state index contributed by atoms with van der Waals surface area (Å²) in [5.74, 6) is -0.287. The number of aliphatic hydroxyl groups excluding tert-OH is 1. The molecule has 0 radical (unpaired) electrons. The second-order valence-electron chi connectivity index (χ2n) is 4.78. The molecular formula is C14H18N4O2. The molecule has 0 fully saturated rings. The van der Waals surface area contributed by atoms with E-state index in [1.54, 1.807) is 17.8 Å². The predicted molar refractivity (Wildman–Crippen MR) is 74.7 cm³/mol. The highest BCUT2D eigenvalue weighted by Crippen LogP contribution is 2.09. The molecule has 0 spiro atoms. The molecule has 0 aliphatic heterocycles. The van der Waals surface area contributed by atoms with Crippen LogP contribution in [0.3, 0.4) is 0 Å². The van der Waals surface area contributed by atoms with Gasteiger partial charge in [0.1, 0.15) is 0 Å². The molecular weight excluding hydrogens is 256 g/mol. The number of aromatic nitrogens is 3. The van der Waals surface area contributed by atoms with E-state index in [4.69, 9.17) is 5.11 Å². The summed E-state index contributed by atoms with van der Waals surface area (Å²) in [6, 6.07) is 7.78. The van der Waals surface area contributed by atoms with E-state index in [1.165, 1.54) is 0 Å². The van der Waals surface area contributed by atoms with Gasteiger partial charge in [-0.3, -0.25) is 4.79 Å². The third-order valence-corrected chi connectivity index (χ3v) is 2.84. The first-order chi connectivity index (χ1) is 9.56. The summed E-state index contributed by atoms with van der Waals surface area (Å²) in [7, 11) is 0. The van der Waals surface area contributed by atoms with Gasteiger partial charge in [-0.05, 0) is 38.0 Å². The molecule has 6 nitrogen and oxygen atoms in total. The van der Waals surface area contributed by atoms with Gasteiger partial charge in [0.15, 0.2) is 5.69 Å². The van der Waals surface area contributed by atoms with Gasteiger partial charge < -0.3 is 10.4 Å². The average molecular weight is 274 g/mol. The Labute approximate surface area is 117 Å². The van der Waals surface area contributed by atoms with E-state index < -0.39 is 6.10 Å². The summed E-state index contributed by atoms with van der Waals surface area (Å²) in [6.45, 7) is 4.08. The van der Waals surface area contributed by atoms with Crippen LogP contribution in [-0.2, 0) is 0 Å². The number of carbonyl (C=O) groups is 1. The maximum atomic E-state index is 11.8. The van der Waals surface area contributed by atoms with Crippen LogP contribution in [0.1, 0.15) is 29.4 Å². The summed E-state index contributed by atoms with van der Waals surface area (Å²) >= 11 is 0. The third-order valence-electron chi connectivity index (χ3n) is 2.84. The highest BCUT2D eigenvalue weighted by molar-refractivity contribution is 5.91. The molecule has 1 amide bonds. The van der Waals surface area contributed by atoms with Gasteiger partial charge in [0.2, 0.25) is 0 Å². The van der Waals surface area contributed by atoms with Gasteiger partial charge in [-0.15, -0.1) is 5.10 Å². The standard InChI is InChI=1S/C14H18N4O2/c1-10-4-3-5-12(8-10)18-9-13(16-17-18)14(20)15-7-6-11(2)19/h3-5,8-9,11,19H,6-7H2,1-2H3,(H,15,20). The van der Waals surface area contributed by atoms with Crippen molar-refractivity contribution in [3.05, 3.63) is 41.7 Å². The Morgan fingerprint density at radius 1 is 1.50 bits per heavy atom. The Morgan fingerprint density at radius 3 is 3.00 bits per heavy atom. The number of rotatable bonds is 5. The second-order valence-corrected chi connectivity index (χ2v) is 4.78. The minimum Gasteiger partial charge on any atom is -0.393 e. The fourth-order valence-electron chi connectivity index (χ4n) is 1.75. The van der Waals surface area contributed by atoms with Crippen LogP contribution in [0, 0.1) is 6.92 Å². The topological polar surface area (TPSA) is 80.0 Å². The molecule has 106 valence electrons. The molecule has 0 saturated carbocycles. The van der Waals surface area contributed by atoms with Crippen molar-refractivity contribution in [2.24, 2.45) is 0 Å². The summed E-state index contributed by atoms with van der Waals surface area (Å²) in [6.07, 6.45) is 1.67. The SMILES string of the molecule is Cc1cccc(-n2cc(C(=O)NCCC(C)O)nn2)c1. The molecule has 0 bridgehead atoms. The fourth-order valence-corrected chi connectivity index (χ4v) is 1.75. The monoisotopic (exact) mass is 274 g/mol. The molecule has 0 saturated heterocycles. The number of nitrogens with zero attached hydrogens (tertiary/aromatic N) is 3. The maximum Gasteiger partial charge on any atom is 0.273 e. The van der Waals surface area contributed by atoms with E-state index in [9.17, 15) is 4.79 Å². The Bertz CT molecular complexity index is 592. The molecule has 6 heteroatoms. The number of hydrogen-bond acceptors (Lipinski definition) is 4. The lowest BCUT2D eigenvalue weighted by Gasteiger charge is -2.04. The van der Waals surface area contributed by atoms with E-state index in [1.807, 2.05) is 31.2 Å². The smallest absolute Gasteiger partial charge is 0.273 e. The average Bonchev–Trinajstić information content (AvgIpc) is 2.87. The first-order valence-corrected chi connectivity index (χ1v) is 6.52. The van der Waals surface area contributed by atoms with Crippen molar-refractivity contribution < 1.29 is 9.90 Å². The van der Waals surface area contributed by atoms with Crippen LogP contribution in [0.5, 0.6) is 0 Å². The number of aliphatic hydroxyl groups is 1. The molecule has 0 aliphatic carbocycles. The molecule has 2 N–H and O–H groups in total. The number of carbonyl (C=O) groups excluding carboxylic acids is 1. The molecule has 0 aliphatic rings. The highest BCUT2D eigenvalue weighted by Gasteiger charge is 2.11. The van der Waals surface area contributed by atoms with Crippen molar-refractivity contribution in [1.29, 1.82) is 0 Å². The quantitative estimate of drug-likeness (QED) is 0.855. The van der Waals surface area contributed by atoms with E-state index in [0.717, 1.165) is 11.3 Å². The summed E-state index contributed by atoms with van der Waals surface area (Å²) in [5.41, 5.74) is 2.23. The van der Waals surface area contributed by atoms with Gasteiger partial charge in [-0.1, -0.05) is 17.3 Å². The third kappa shape index (κ3) is 3.64. The van der Waals surface area contributed by atoms with E-state index in [2.05, 4.69) is 15.6 Å². The minimum absolute atomic E-state index is 0.261. The number of amides is 1. The van der Waals surface area contributed by atoms with E-state index >= 15 is 0 Å². The zero-order valence-corrected chi connectivity index (χ0v) is 11.6. The number of benzene rings is 1. The molecule has 1 heterocycles. The van der Waals surface area contributed by atoms with Crippen LogP contribution < -0.4 is 5.32 Å². The molecule has 20 heavy (non-hydrogen) atoms. The lowest BCUT2D eigenvalue weighted by atomic mass is 10.2. The summed E-state index contributed by atoms with van der Waals surface area (Å²) < 4.78 is 1.57. The second kappa shape index (κ2) is 6.29. The first-order valence-electron chi connectivity index (χ1n) is 6.52. The molecule has 2 aromatic rings.